The summed E-state index contributed by atoms with van der Waals surface area (Å²) in [5.74, 6) is 4.08. The lowest BCUT2D eigenvalue weighted by atomic mass is 9.94. The highest BCUT2D eigenvalue weighted by Gasteiger charge is 2.19. The number of methoxy groups -OCH3 is 1. The number of ether oxygens (including phenoxy) is 2. The molecule has 2 aromatic heterocycles. The Morgan fingerprint density at radius 2 is 1.88 bits per heavy atom. The summed E-state index contributed by atoms with van der Waals surface area (Å²) in [5.41, 5.74) is 0.894. The predicted octanol–water partition coefficient (Wildman–Crippen LogP) is 4.42. The molecule has 0 amide bonds. The zero-order valence-corrected chi connectivity index (χ0v) is 19.3. The van der Waals surface area contributed by atoms with E-state index < -0.39 is 0 Å². The van der Waals surface area contributed by atoms with Gasteiger partial charge in [-0.15, -0.1) is 0 Å². The van der Waals surface area contributed by atoms with E-state index in [2.05, 4.69) is 46.4 Å². The molecule has 2 heterocycles. The molecule has 3 aromatic rings. The number of aliphatic imine (C=N–C) groups is 1. The molecule has 8 heteroatoms. The Balaban J connectivity index is 1.57. The molecular formula is C24H31N5O3. The summed E-state index contributed by atoms with van der Waals surface area (Å²) < 4.78 is 16.8. The number of hydrogen-bond acceptors (Lipinski definition) is 6. The van der Waals surface area contributed by atoms with Crippen molar-refractivity contribution >= 4 is 5.96 Å². The quantitative estimate of drug-likeness (QED) is 0.398. The maximum Gasteiger partial charge on any atom is 0.219 e. The van der Waals surface area contributed by atoms with Crippen LogP contribution in [0, 0.1) is 0 Å². The molecule has 170 valence electrons. The van der Waals surface area contributed by atoms with Crippen molar-refractivity contribution in [2.45, 2.75) is 46.2 Å². The van der Waals surface area contributed by atoms with Crippen molar-refractivity contribution < 1.29 is 13.9 Å². The molecule has 0 unspecified atom stereocenters. The Labute approximate surface area is 189 Å². The Morgan fingerprint density at radius 3 is 2.53 bits per heavy atom. The van der Waals surface area contributed by atoms with E-state index in [1.807, 2.05) is 43.3 Å². The van der Waals surface area contributed by atoms with Gasteiger partial charge in [-0.3, -0.25) is 0 Å². The van der Waals surface area contributed by atoms with E-state index in [4.69, 9.17) is 13.9 Å². The lowest BCUT2D eigenvalue weighted by Crippen LogP contribution is -2.36. The summed E-state index contributed by atoms with van der Waals surface area (Å²) in [6.07, 6.45) is 3.54. The monoisotopic (exact) mass is 437 g/mol. The molecule has 0 aliphatic heterocycles. The molecule has 0 aliphatic carbocycles. The average molecular weight is 438 g/mol. The van der Waals surface area contributed by atoms with Crippen molar-refractivity contribution in [2.24, 2.45) is 4.99 Å². The molecule has 0 fully saturated rings. The first-order valence-electron chi connectivity index (χ1n) is 10.6. The SMILES string of the molecule is CCNC(=NCc1ccc(Oc2cccc(OC)c2)nc1)NCc1ncc(C(C)(C)C)o1. The van der Waals surface area contributed by atoms with Crippen LogP contribution in [0.2, 0.25) is 0 Å². The number of guanidine groups is 1. The minimum Gasteiger partial charge on any atom is -0.497 e. The van der Waals surface area contributed by atoms with Gasteiger partial charge in [0.15, 0.2) is 5.96 Å². The van der Waals surface area contributed by atoms with E-state index >= 15 is 0 Å². The summed E-state index contributed by atoms with van der Waals surface area (Å²) in [6, 6.07) is 11.2. The summed E-state index contributed by atoms with van der Waals surface area (Å²) in [4.78, 5) is 13.3. The Kier molecular flexibility index (Phi) is 7.70. The van der Waals surface area contributed by atoms with E-state index in [1.165, 1.54) is 0 Å². The molecule has 2 N–H and O–H groups in total. The molecule has 8 nitrogen and oxygen atoms in total. The molecular weight excluding hydrogens is 406 g/mol. The van der Waals surface area contributed by atoms with Crippen LogP contribution in [0.25, 0.3) is 0 Å². The summed E-state index contributed by atoms with van der Waals surface area (Å²) in [5, 5.41) is 6.48. The minimum atomic E-state index is -0.0701. The van der Waals surface area contributed by atoms with Gasteiger partial charge in [-0.1, -0.05) is 32.9 Å². The Bertz CT molecular complexity index is 1020. The molecule has 3 rings (SSSR count). The maximum absolute atomic E-state index is 5.83. The molecule has 0 spiro atoms. The molecule has 0 atom stereocenters. The van der Waals surface area contributed by atoms with Crippen LogP contribution in [0.15, 0.2) is 58.2 Å². The highest BCUT2D eigenvalue weighted by molar-refractivity contribution is 5.79. The van der Waals surface area contributed by atoms with E-state index in [-0.39, 0.29) is 5.41 Å². The zero-order valence-electron chi connectivity index (χ0n) is 19.3. The minimum absolute atomic E-state index is 0.0701. The normalized spacial score (nSPS) is 11.8. The van der Waals surface area contributed by atoms with Crippen LogP contribution < -0.4 is 20.1 Å². The second kappa shape index (κ2) is 10.7. The fourth-order valence-electron chi connectivity index (χ4n) is 2.76. The van der Waals surface area contributed by atoms with Crippen molar-refractivity contribution in [2.75, 3.05) is 13.7 Å². The van der Waals surface area contributed by atoms with Gasteiger partial charge in [0.25, 0.3) is 0 Å². The first kappa shape index (κ1) is 23.1. The van der Waals surface area contributed by atoms with Gasteiger partial charge in [0.05, 0.1) is 26.4 Å². The number of hydrogen-bond donors (Lipinski definition) is 2. The fourth-order valence-corrected chi connectivity index (χ4v) is 2.76. The van der Waals surface area contributed by atoms with Gasteiger partial charge < -0.3 is 24.5 Å². The van der Waals surface area contributed by atoms with E-state index in [0.717, 1.165) is 23.6 Å². The molecule has 0 bridgehead atoms. The largest absolute Gasteiger partial charge is 0.497 e. The number of oxazole rings is 1. The van der Waals surface area contributed by atoms with Crippen LogP contribution in [-0.4, -0.2) is 29.6 Å². The van der Waals surface area contributed by atoms with Crippen LogP contribution in [0.5, 0.6) is 17.4 Å². The maximum atomic E-state index is 5.83. The second-order valence-electron chi connectivity index (χ2n) is 8.20. The van der Waals surface area contributed by atoms with Gasteiger partial charge in [-0.2, -0.15) is 0 Å². The predicted molar refractivity (Wildman–Crippen MR) is 124 cm³/mol. The third-order valence-electron chi connectivity index (χ3n) is 4.53. The summed E-state index contributed by atoms with van der Waals surface area (Å²) in [7, 11) is 1.62. The molecule has 0 aliphatic rings. The van der Waals surface area contributed by atoms with E-state index in [9.17, 15) is 0 Å². The van der Waals surface area contributed by atoms with E-state index in [1.54, 1.807) is 19.5 Å². The lowest BCUT2D eigenvalue weighted by molar-refractivity contribution is 0.379. The van der Waals surface area contributed by atoms with Crippen LogP contribution in [0.4, 0.5) is 0 Å². The smallest absolute Gasteiger partial charge is 0.219 e. The first-order valence-corrected chi connectivity index (χ1v) is 10.6. The van der Waals surface area contributed by atoms with Gasteiger partial charge in [0.2, 0.25) is 11.8 Å². The second-order valence-corrected chi connectivity index (χ2v) is 8.20. The van der Waals surface area contributed by atoms with Crippen molar-refractivity contribution in [3.8, 4) is 17.4 Å². The number of pyridine rings is 1. The molecule has 32 heavy (non-hydrogen) atoms. The topological polar surface area (TPSA) is 93.8 Å². The molecule has 0 saturated heterocycles. The van der Waals surface area contributed by atoms with Gasteiger partial charge in [-0.05, 0) is 24.6 Å². The number of nitrogens with zero attached hydrogens (tertiary/aromatic N) is 3. The lowest BCUT2D eigenvalue weighted by Gasteiger charge is -2.13. The van der Waals surface area contributed by atoms with Gasteiger partial charge >= 0.3 is 0 Å². The Morgan fingerprint density at radius 1 is 1.06 bits per heavy atom. The summed E-state index contributed by atoms with van der Waals surface area (Å²) in [6.45, 7) is 9.97. The number of nitrogens with one attached hydrogen (secondary N) is 2. The van der Waals surface area contributed by atoms with Crippen molar-refractivity contribution in [1.82, 2.24) is 20.6 Å². The van der Waals surface area contributed by atoms with Crippen molar-refractivity contribution in [3.05, 3.63) is 66.0 Å². The van der Waals surface area contributed by atoms with Crippen LogP contribution in [0.3, 0.4) is 0 Å². The summed E-state index contributed by atoms with van der Waals surface area (Å²) >= 11 is 0. The van der Waals surface area contributed by atoms with Gasteiger partial charge in [-0.25, -0.2) is 15.0 Å². The standard InChI is InChI=1S/C24H31N5O3/c1-6-25-23(29-16-22-27-15-20(32-22)24(2,3)4)28-14-17-10-11-21(26-13-17)31-19-9-7-8-18(12-19)30-5/h7-13,15H,6,14,16H2,1-5H3,(H2,25,28,29). The third kappa shape index (κ3) is 6.73. The third-order valence-corrected chi connectivity index (χ3v) is 4.53. The van der Waals surface area contributed by atoms with Crippen LogP contribution in [-0.2, 0) is 18.5 Å². The molecule has 1 aromatic carbocycles. The average Bonchev–Trinajstić information content (AvgIpc) is 3.27. The van der Waals surface area contributed by atoms with Crippen LogP contribution >= 0.6 is 0 Å². The van der Waals surface area contributed by atoms with E-state index in [0.29, 0.717) is 36.6 Å². The highest BCUT2D eigenvalue weighted by Crippen LogP contribution is 2.24. The highest BCUT2D eigenvalue weighted by atomic mass is 16.5. The molecule has 0 radical (unpaired) electrons. The van der Waals surface area contributed by atoms with Crippen LogP contribution in [0.1, 0.15) is 44.9 Å². The Hall–Kier alpha value is -3.55. The van der Waals surface area contributed by atoms with Gasteiger partial charge in [0.1, 0.15) is 17.3 Å². The number of benzene rings is 1. The van der Waals surface area contributed by atoms with Crippen molar-refractivity contribution in [3.63, 3.8) is 0 Å². The fraction of sp³-hybridized carbons (Fsp3) is 0.375. The number of rotatable bonds is 8. The number of aromatic nitrogens is 2. The zero-order chi connectivity index (χ0) is 23.0. The van der Waals surface area contributed by atoms with Gasteiger partial charge in [0, 0.05) is 30.3 Å². The first-order chi connectivity index (χ1) is 15.4. The molecule has 0 saturated carbocycles. The van der Waals surface area contributed by atoms with Crippen molar-refractivity contribution in [1.29, 1.82) is 0 Å².